The van der Waals surface area contributed by atoms with E-state index < -0.39 is 5.60 Å². The predicted molar refractivity (Wildman–Crippen MR) is 103 cm³/mol. The minimum absolute atomic E-state index is 0.0256. The van der Waals surface area contributed by atoms with Crippen LogP contribution in [0.25, 0.3) is 0 Å². The van der Waals surface area contributed by atoms with Crippen molar-refractivity contribution in [2.45, 2.75) is 52.6 Å². The van der Waals surface area contributed by atoms with Gasteiger partial charge in [-0.15, -0.1) is 0 Å². The van der Waals surface area contributed by atoms with Crippen LogP contribution in [0.5, 0.6) is 0 Å². The van der Waals surface area contributed by atoms with Gasteiger partial charge in [0.15, 0.2) is 0 Å². The molecule has 1 heterocycles. The Bertz CT molecular complexity index is 607. The summed E-state index contributed by atoms with van der Waals surface area (Å²) in [5.41, 5.74) is 0.724. The standard InChI is InChI=1S/C21H32N2O3/c1-15(2)18(16-9-7-6-8-10-16)13-22-19(24)17-11-12-23(14-17)20(25)26-21(3,4)5/h6-10,15,17-18H,11-14H2,1-5H3,(H,22,24). The number of rotatable bonds is 5. The zero-order chi connectivity index (χ0) is 19.3. The van der Waals surface area contributed by atoms with Gasteiger partial charge in [0.2, 0.25) is 5.91 Å². The van der Waals surface area contributed by atoms with E-state index in [9.17, 15) is 9.59 Å². The number of nitrogens with zero attached hydrogens (tertiary/aromatic N) is 1. The summed E-state index contributed by atoms with van der Waals surface area (Å²) >= 11 is 0. The van der Waals surface area contributed by atoms with Crippen LogP contribution in [0.15, 0.2) is 30.3 Å². The Morgan fingerprint density at radius 3 is 2.46 bits per heavy atom. The van der Waals surface area contributed by atoms with Crippen LogP contribution in [0, 0.1) is 11.8 Å². The molecule has 2 atom stereocenters. The minimum Gasteiger partial charge on any atom is -0.444 e. The van der Waals surface area contributed by atoms with Gasteiger partial charge in [-0.25, -0.2) is 4.79 Å². The zero-order valence-corrected chi connectivity index (χ0v) is 16.6. The van der Waals surface area contributed by atoms with Gasteiger partial charge in [-0.1, -0.05) is 44.2 Å². The predicted octanol–water partition coefficient (Wildman–Crippen LogP) is 3.80. The molecular weight excluding hydrogens is 328 g/mol. The van der Waals surface area contributed by atoms with Crippen molar-refractivity contribution < 1.29 is 14.3 Å². The highest BCUT2D eigenvalue weighted by Crippen LogP contribution is 2.24. The number of ether oxygens (including phenoxy) is 1. The minimum atomic E-state index is -0.516. The third kappa shape index (κ3) is 5.75. The molecule has 0 aromatic heterocycles. The average Bonchev–Trinajstić information content (AvgIpc) is 3.04. The van der Waals surface area contributed by atoms with Gasteiger partial charge in [0.05, 0.1) is 5.92 Å². The van der Waals surface area contributed by atoms with Gasteiger partial charge in [0.1, 0.15) is 5.60 Å². The number of benzene rings is 1. The fraction of sp³-hybridized carbons (Fsp3) is 0.619. The normalized spacial score (nSPS) is 18.7. The lowest BCUT2D eigenvalue weighted by Gasteiger charge is -2.24. The molecule has 1 aliphatic rings. The number of likely N-dealkylation sites (tertiary alicyclic amines) is 1. The molecule has 26 heavy (non-hydrogen) atoms. The summed E-state index contributed by atoms with van der Waals surface area (Å²) in [7, 11) is 0. The van der Waals surface area contributed by atoms with Gasteiger partial charge in [0.25, 0.3) is 0 Å². The summed E-state index contributed by atoms with van der Waals surface area (Å²) in [6.45, 7) is 11.5. The van der Waals surface area contributed by atoms with Crippen LogP contribution in [-0.4, -0.2) is 42.1 Å². The molecule has 1 N–H and O–H groups in total. The summed E-state index contributed by atoms with van der Waals surface area (Å²) < 4.78 is 5.39. The van der Waals surface area contributed by atoms with Crippen LogP contribution in [0.1, 0.15) is 52.5 Å². The van der Waals surface area contributed by atoms with Gasteiger partial charge in [-0.3, -0.25) is 4.79 Å². The molecule has 5 heteroatoms. The summed E-state index contributed by atoms with van der Waals surface area (Å²) in [5.74, 6) is 0.576. The second-order valence-electron chi connectivity index (χ2n) is 8.42. The quantitative estimate of drug-likeness (QED) is 0.869. The van der Waals surface area contributed by atoms with Crippen molar-refractivity contribution in [2.75, 3.05) is 19.6 Å². The highest BCUT2D eigenvalue weighted by Gasteiger charge is 2.33. The number of carbonyl (C=O) groups excluding carboxylic acids is 2. The van der Waals surface area contributed by atoms with Crippen molar-refractivity contribution in [3.8, 4) is 0 Å². The highest BCUT2D eigenvalue weighted by molar-refractivity contribution is 5.80. The van der Waals surface area contributed by atoms with E-state index in [0.717, 1.165) is 0 Å². The first-order valence-electron chi connectivity index (χ1n) is 9.48. The fourth-order valence-electron chi connectivity index (χ4n) is 3.26. The molecule has 1 aliphatic heterocycles. The molecule has 2 amide bonds. The lowest BCUT2D eigenvalue weighted by molar-refractivity contribution is -0.124. The summed E-state index contributed by atoms with van der Waals surface area (Å²) in [6, 6.07) is 10.3. The maximum Gasteiger partial charge on any atom is 0.410 e. The average molecular weight is 360 g/mol. The van der Waals surface area contributed by atoms with Crippen LogP contribution in [-0.2, 0) is 9.53 Å². The van der Waals surface area contributed by atoms with E-state index >= 15 is 0 Å². The second-order valence-corrected chi connectivity index (χ2v) is 8.42. The number of amides is 2. The van der Waals surface area contributed by atoms with E-state index in [0.29, 0.717) is 32.0 Å². The molecule has 1 fully saturated rings. The second kappa shape index (κ2) is 8.56. The third-order valence-electron chi connectivity index (χ3n) is 4.74. The molecule has 0 saturated carbocycles. The molecule has 0 radical (unpaired) electrons. The monoisotopic (exact) mass is 360 g/mol. The van der Waals surface area contributed by atoms with Crippen LogP contribution in [0.2, 0.25) is 0 Å². The van der Waals surface area contributed by atoms with Crippen molar-refractivity contribution in [1.82, 2.24) is 10.2 Å². The van der Waals surface area contributed by atoms with Gasteiger partial charge in [0, 0.05) is 25.6 Å². The summed E-state index contributed by atoms with van der Waals surface area (Å²) in [5, 5.41) is 3.09. The van der Waals surface area contributed by atoms with Crippen LogP contribution >= 0.6 is 0 Å². The summed E-state index contributed by atoms with van der Waals surface area (Å²) in [4.78, 5) is 26.3. The Morgan fingerprint density at radius 1 is 1.23 bits per heavy atom. The highest BCUT2D eigenvalue weighted by atomic mass is 16.6. The molecule has 2 unspecified atom stereocenters. The maximum atomic E-state index is 12.6. The molecule has 2 rings (SSSR count). The van der Waals surface area contributed by atoms with Crippen LogP contribution < -0.4 is 5.32 Å². The maximum absolute atomic E-state index is 12.6. The molecule has 1 aromatic rings. The first-order chi connectivity index (χ1) is 12.2. The molecule has 0 spiro atoms. The molecule has 144 valence electrons. The van der Waals surface area contributed by atoms with Crippen LogP contribution in [0.3, 0.4) is 0 Å². The van der Waals surface area contributed by atoms with Gasteiger partial charge in [-0.05, 0) is 38.7 Å². The third-order valence-corrected chi connectivity index (χ3v) is 4.74. The van der Waals surface area contributed by atoms with Crippen molar-refractivity contribution in [3.05, 3.63) is 35.9 Å². The Morgan fingerprint density at radius 2 is 1.88 bits per heavy atom. The van der Waals surface area contributed by atoms with Crippen LogP contribution in [0.4, 0.5) is 4.79 Å². The van der Waals surface area contributed by atoms with E-state index in [1.54, 1.807) is 4.90 Å². The molecular formula is C21H32N2O3. The van der Waals surface area contributed by atoms with E-state index in [2.05, 4.69) is 31.3 Å². The van der Waals surface area contributed by atoms with Crippen molar-refractivity contribution >= 4 is 12.0 Å². The molecule has 0 bridgehead atoms. The molecule has 0 aliphatic carbocycles. The zero-order valence-electron chi connectivity index (χ0n) is 16.6. The van der Waals surface area contributed by atoms with E-state index in [1.165, 1.54) is 5.56 Å². The number of carbonyl (C=O) groups is 2. The van der Waals surface area contributed by atoms with Gasteiger partial charge in [-0.2, -0.15) is 0 Å². The largest absolute Gasteiger partial charge is 0.444 e. The van der Waals surface area contributed by atoms with Crippen molar-refractivity contribution in [3.63, 3.8) is 0 Å². The summed E-state index contributed by atoms with van der Waals surface area (Å²) in [6.07, 6.45) is 0.347. The van der Waals surface area contributed by atoms with Crippen molar-refractivity contribution in [1.29, 1.82) is 0 Å². The van der Waals surface area contributed by atoms with E-state index in [1.807, 2.05) is 39.0 Å². The number of hydrogen-bond donors (Lipinski definition) is 1. The number of nitrogens with one attached hydrogen (secondary N) is 1. The SMILES string of the molecule is CC(C)C(CNC(=O)C1CCN(C(=O)OC(C)(C)C)C1)c1ccccc1. The Balaban J connectivity index is 1.87. The van der Waals surface area contributed by atoms with E-state index in [4.69, 9.17) is 4.74 Å². The molecule has 5 nitrogen and oxygen atoms in total. The lowest BCUT2D eigenvalue weighted by atomic mass is 9.88. The molecule has 1 saturated heterocycles. The first kappa shape index (κ1) is 20.3. The molecule has 1 aromatic carbocycles. The Hall–Kier alpha value is -2.04. The number of hydrogen-bond acceptors (Lipinski definition) is 3. The van der Waals surface area contributed by atoms with Gasteiger partial charge < -0.3 is 15.0 Å². The van der Waals surface area contributed by atoms with Gasteiger partial charge >= 0.3 is 6.09 Å². The smallest absolute Gasteiger partial charge is 0.410 e. The Kier molecular flexibility index (Phi) is 6.68. The first-order valence-corrected chi connectivity index (χ1v) is 9.48. The van der Waals surface area contributed by atoms with E-state index in [-0.39, 0.29) is 23.8 Å². The van der Waals surface area contributed by atoms with Crippen molar-refractivity contribution in [2.24, 2.45) is 11.8 Å². The topological polar surface area (TPSA) is 58.6 Å². The Labute approximate surface area is 157 Å². The fourth-order valence-corrected chi connectivity index (χ4v) is 3.26. The lowest BCUT2D eigenvalue weighted by Crippen LogP contribution is -2.38.